The molecule has 1 aliphatic rings. The zero-order valence-corrected chi connectivity index (χ0v) is 10.0. The van der Waals surface area contributed by atoms with E-state index in [0.29, 0.717) is 19.3 Å². The van der Waals surface area contributed by atoms with E-state index >= 15 is 0 Å². The van der Waals surface area contributed by atoms with Crippen LogP contribution in [0.1, 0.15) is 33.1 Å². The molecule has 0 radical (unpaired) electrons. The van der Waals surface area contributed by atoms with Gasteiger partial charge >= 0.3 is 0 Å². The minimum absolute atomic E-state index is 0.0144. The van der Waals surface area contributed by atoms with Gasteiger partial charge in [-0.3, -0.25) is 4.84 Å². The van der Waals surface area contributed by atoms with Crippen LogP contribution < -0.4 is 5.48 Å². The Kier molecular flexibility index (Phi) is 5.53. The van der Waals surface area contributed by atoms with Crippen LogP contribution in [0.15, 0.2) is 0 Å². The summed E-state index contributed by atoms with van der Waals surface area (Å²) in [6, 6.07) is 0.403. The van der Waals surface area contributed by atoms with Gasteiger partial charge in [0.25, 0.3) is 0 Å². The Hall–Kier alpha value is -0.160. The lowest BCUT2D eigenvalue weighted by molar-refractivity contribution is -0.107. The summed E-state index contributed by atoms with van der Waals surface area (Å²) in [7, 11) is 1.67. The summed E-state index contributed by atoms with van der Waals surface area (Å²) in [5, 5.41) is 0. The number of methoxy groups -OCH3 is 1. The van der Waals surface area contributed by atoms with E-state index in [0.717, 1.165) is 25.9 Å². The number of rotatable bonds is 6. The molecule has 1 N–H and O–H groups in total. The summed E-state index contributed by atoms with van der Waals surface area (Å²) in [6.07, 6.45) is 3.07. The topological polar surface area (TPSA) is 39.7 Å². The fourth-order valence-corrected chi connectivity index (χ4v) is 1.78. The predicted molar refractivity (Wildman–Crippen MR) is 58.6 cm³/mol. The van der Waals surface area contributed by atoms with Crippen LogP contribution >= 0.6 is 0 Å². The minimum atomic E-state index is 0.0144. The summed E-state index contributed by atoms with van der Waals surface area (Å²) in [5.74, 6) is 0. The second-order valence-electron chi connectivity index (χ2n) is 4.30. The molecule has 2 unspecified atom stereocenters. The Morgan fingerprint density at radius 3 is 2.93 bits per heavy atom. The SMILES string of the molecule is CCC1(C)CC(NOCCOC)CCO1. The maximum absolute atomic E-state index is 5.75. The third-order valence-corrected chi connectivity index (χ3v) is 2.98. The quantitative estimate of drug-likeness (QED) is 0.540. The molecule has 0 saturated carbocycles. The highest BCUT2D eigenvalue weighted by molar-refractivity contribution is 4.83. The van der Waals surface area contributed by atoms with Gasteiger partial charge in [0.1, 0.15) is 0 Å². The molecule has 0 amide bonds. The molecule has 1 fully saturated rings. The molecule has 0 spiro atoms. The Balaban J connectivity index is 2.18. The van der Waals surface area contributed by atoms with E-state index < -0.39 is 0 Å². The van der Waals surface area contributed by atoms with Crippen LogP contribution in [0.4, 0.5) is 0 Å². The second-order valence-corrected chi connectivity index (χ2v) is 4.30. The van der Waals surface area contributed by atoms with Crippen molar-refractivity contribution in [3.8, 4) is 0 Å². The number of hydroxylamine groups is 1. The van der Waals surface area contributed by atoms with E-state index in [1.165, 1.54) is 0 Å². The second kappa shape index (κ2) is 6.43. The summed E-state index contributed by atoms with van der Waals surface area (Å²) in [6.45, 7) is 6.36. The van der Waals surface area contributed by atoms with Crippen LogP contribution in [0.3, 0.4) is 0 Å². The maximum Gasteiger partial charge on any atom is 0.0915 e. The Labute approximate surface area is 92.2 Å². The van der Waals surface area contributed by atoms with Crippen molar-refractivity contribution in [1.29, 1.82) is 0 Å². The monoisotopic (exact) mass is 217 g/mol. The zero-order chi connectivity index (χ0) is 11.1. The first kappa shape index (κ1) is 12.9. The lowest BCUT2D eigenvalue weighted by Gasteiger charge is -2.37. The Bertz CT molecular complexity index is 177. The van der Waals surface area contributed by atoms with Gasteiger partial charge in [-0.1, -0.05) is 6.92 Å². The number of ether oxygens (including phenoxy) is 2. The Morgan fingerprint density at radius 1 is 1.47 bits per heavy atom. The molecular formula is C11H23NO3. The molecule has 0 aliphatic carbocycles. The van der Waals surface area contributed by atoms with E-state index in [1.807, 2.05) is 0 Å². The number of hydrogen-bond acceptors (Lipinski definition) is 4. The number of hydrogen-bond donors (Lipinski definition) is 1. The minimum Gasteiger partial charge on any atom is -0.382 e. The van der Waals surface area contributed by atoms with Gasteiger partial charge in [0.05, 0.1) is 18.8 Å². The normalized spacial score (nSPS) is 31.8. The summed E-state index contributed by atoms with van der Waals surface area (Å²) < 4.78 is 10.7. The van der Waals surface area contributed by atoms with Gasteiger partial charge in [0.2, 0.25) is 0 Å². The van der Waals surface area contributed by atoms with E-state index in [1.54, 1.807) is 7.11 Å². The van der Waals surface area contributed by atoms with E-state index in [-0.39, 0.29) is 5.60 Å². The smallest absolute Gasteiger partial charge is 0.0915 e. The van der Waals surface area contributed by atoms with Gasteiger partial charge in [-0.25, -0.2) is 0 Å². The highest BCUT2D eigenvalue weighted by Gasteiger charge is 2.31. The van der Waals surface area contributed by atoms with Crippen LogP contribution in [0.25, 0.3) is 0 Å². The zero-order valence-electron chi connectivity index (χ0n) is 10.0. The average molecular weight is 217 g/mol. The van der Waals surface area contributed by atoms with Gasteiger partial charge in [-0.05, 0) is 26.2 Å². The standard InChI is InChI=1S/C11H23NO3/c1-4-11(2)9-10(5-6-14-11)12-15-8-7-13-3/h10,12H,4-9H2,1-3H3. The molecule has 0 aromatic heterocycles. The first-order chi connectivity index (χ1) is 7.20. The molecule has 2 atom stereocenters. The van der Waals surface area contributed by atoms with Crippen molar-refractivity contribution in [2.45, 2.75) is 44.8 Å². The molecule has 0 aromatic rings. The lowest BCUT2D eigenvalue weighted by Crippen LogP contribution is -2.45. The largest absolute Gasteiger partial charge is 0.382 e. The highest BCUT2D eigenvalue weighted by Crippen LogP contribution is 2.27. The molecule has 0 aromatic carbocycles. The van der Waals surface area contributed by atoms with Crippen molar-refractivity contribution in [3.63, 3.8) is 0 Å². The predicted octanol–water partition coefficient (Wildman–Crippen LogP) is 1.50. The van der Waals surface area contributed by atoms with Crippen LogP contribution in [-0.4, -0.2) is 38.6 Å². The third-order valence-electron chi connectivity index (χ3n) is 2.98. The van der Waals surface area contributed by atoms with E-state index in [9.17, 15) is 0 Å². The summed E-state index contributed by atoms with van der Waals surface area (Å²) in [5.41, 5.74) is 3.10. The summed E-state index contributed by atoms with van der Waals surface area (Å²) >= 11 is 0. The van der Waals surface area contributed by atoms with Crippen LogP contribution in [0.5, 0.6) is 0 Å². The molecule has 1 aliphatic heterocycles. The fraction of sp³-hybridized carbons (Fsp3) is 1.00. The van der Waals surface area contributed by atoms with Gasteiger partial charge in [-0.15, -0.1) is 0 Å². The molecule has 15 heavy (non-hydrogen) atoms. The lowest BCUT2D eigenvalue weighted by atomic mass is 9.90. The number of nitrogens with one attached hydrogen (secondary N) is 1. The van der Waals surface area contributed by atoms with Crippen LogP contribution in [0.2, 0.25) is 0 Å². The van der Waals surface area contributed by atoms with Crippen molar-refractivity contribution in [3.05, 3.63) is 0 Å². The molecule has 1 saturated heterocycles. The van der Waals surface area contributed by atoms with E-state index in [2.05, 4.69) is 19.3 Å². The van der Waals surface area contributed by atoms with Crippen LogP contribution in [-0.2, 0) is 14.3 Å². The van der Waals surface area contributed by atoms with Gasteiger partial charge in [0.15, 0.2) is 0 Å². The van der Waals surface area contributed by atoms with Gasteiger partial charge in [0, 0.05) is 19.8 Å². The molecule has 4 heteroatoms. The van der Waals surface area contributed by atoms with Crippen molar-refractivity contribution in [2.24, 2.45) is 0 Å². The molecule has 4 nitrogen and oxygen atoms in total. The summed E-state index contributed by atoms with van der Waals surface area (Å²) in [4.78, 5) is 5.32. The molecule has 90 valence electrons. The molecular weight excluding hydrogens is 194 g/mol. The van der Waals surface area contributed by atoms with Crippen molar-refractivity contribution >= 4 is 0 Å². The molecule has 1 heterocycles. The maximum atomic E-state index is 5.75. The van der Waals surface area contributed by atoms with Gasteiger partial charge < -0.3 is 9.47 Å². The van der Waals surface area contributed by atoms with Crippen LogP contribution in [0, 0.1) is 0 Å². The Morgan fingerprint density at radius 2 is 2.27 bits per heavy atom. The van der Waals surface area contributed by atoms with E-state index in [4.69, 9.17) is 14.3 Å². The third kappa shape index (κ3) is 4.47. The molecule has 1 rings (SSSR count). The van der Waals surface area contributed by atoms with Gasteiger partial charge in [-0.2, -0.15) is 5.48 Å². The highest BCUT2D eigenvalue weighted by atomic mass is 16.7. The van der Waals surface area contributed by atoms with Crippen molar-refractivity contribution in [2.75, 3.05) is 26.9 Å². The fourth-order valence-electron chi connectivity index (χ4n) is 1.78. The molecule has 0 bridgehead atoms. The van der Waals surface area contributed by atoms with Crippen molar-refractivity contribution < 1.29 is 14.3 Å². The first-order valence-corrected chi connectivity index (χ1v) is 5.70. The van der Waals surface area contributed by atoms with Crippen molar-refractivity contribution in [1.82, 2.24) is 5.48 Å². The average Bonchev–Trinajstić information content (AvgIpc) is 2.25. The first-order valence-electron chi connectivity index (χ1n) is 5.70.